The molecule has 0 aliphatic heterocycles. The first kappa shape index (κ1) is 11.9. The summed E-state index contributed by atoms with van der Waals surface area (Å²) in [5, 5.41) is 3.15. The van der Waals surface area contributed by atoms with Crippen LogP contribution in [0, 0.1) is 12.7 Å². The quantitative estimate of drug-likeness (QED) is 0.890. The highest BCUT2D eigenvalue weighted by Gasteiger charge is 2.05. The monoisotopic (exact) mass is 295 g/mol. The summed E-state index contributed by atoms with van der Waals surface area (Å²) in [4.78, 5) is 3.97. The highest BCUT2D eigenvalue weighted by molar-refractivity contribution is 9.10. The van der Waals surface area contributed by atoms with Crippen LogP contribution in [0.5, 0.6) is 0 Å². The maximum atomic E-state index is 13.2. The molecule has 0 unspecified atom stereocenters. The molecule has 3 N–H and O–H groups in total. The van der Waals surface area contributed by atoms with Crippen molar-refractivity contribution in [1.29, 1.82) is 0 Å². The molecular weight excluding hydrogens is 285 g/mol. The number of nitrogen functional groups attached to an aromatic ring is 1. The molecule has 0 radical (unpaired) electrons. The number of aromatic nitrogens is 1. The summed E-state index contributed by atoms with van der Waals surface area (Å²) >= 11 is 3.15. The molecule has 1 heterocycles. The third-order valence-electron chi connectivity index (χ3n) is 2.33. The molecule has 0 fully saturated rings. The number of benzene rings is 1. The van der Waals surface area contributed by atoms with Gasteiger partial charge in [-0.2, -0.15) is 0 Å². The Morgan fingerprint density at radius 1 is 1.35 bits per heavy atom. The molecule has 17 heavy (non-hydrogen) atoms. The van der Waals surface area contributed by atoms with Crippen molar-refractivity contribution in [1.82, 2.24) is 4.98 Å². The summed E-state index contributed by atoms with van der Waals surface area (Å²) in [5.41, 5.74) is 7.95. The topological polar surface area (TPSA) is 50.9 Å². The van der Waals surface area contributed by atoms with Gasteiger partial charge in [0, 0.05) is 5.69 Å². The van der Waals surface area contributed by atoms with Crippen LogP contribution in [0.15, 0.2) is 34.9 Å². The highest BCUT2D eigenvalue weighted by Crippen LogP contribution is 2.26. The number of hydrogen-bond donors (Lipinski definition) is 2. The number of rotatable bonds is 2. The van der Waals surface area contributed by atoms with E-state index in [1.54, 1.807) is 18.3 Å². The van der Waals surface area contributed by atoms with Gasteiger partial charge in [0.2, 0.25) is 0 Å². The van der Waals surface area contributed by atoms with Gasteiger partial charge in [0.15, 0.2) is 0 Å². The molecule has 0 aliphatic carbocycles. The lowest BCUT2D eigenvalue weighted by Crippen LogP contribution is -1.96. The second kappa shape index (κ2) is 4.71. The molecule has 1 aromatic heterocycles. The van der Waals surface area contributed by atoms with Crippen LogP contribution in [-0.4, -0.2) is 4.98 Å². The van der Waals surface area contributed by atoms with E-state index < -0.39 is 0 Å². The average Bonchev–Trinajstić information content (AvgIpc) is 2.29. The lowest BCUT2D eigenvalue weighted by atomic mass is 10.2. The van der Waals surface area contributed by atoms with Gasteiger partial charge in [-0.3, -0.25) is 0 Å². The molecule has 0 aliphatic rings. The number of hydrogen-bond acceptors (Lipinski definition) is 3. The van der Waals surface area contributed by atoms with Crippen molar-refractivity contribution in [2.45, 2.75) is 6.92 Å². The van der Waals surface area contributed by atoms with Gasteiger partial charge >= 0.3 is 0 Å². The third-order valence-corrected chi connectivity index (χ3v) is 2.94. The van der Waals surface area contributed by atoms with Crippen molar-refractivity contribution in [2.75, 3.05) is 11.1 Å². The first-order chi connectivity index (χ1) is 8.06. The molecular formula is C12H11BrFN3. The number of anilines is 3. The Labute approximate surface area is 107 Å². The van der Waals surface area contributed by atoms with E-state index in [-0.39, 0.29) is 5.82 Å². The van der Waals surface area contributed by atoms with Crippen molar-refractivity contribution in [3.8, 4) is 0 Å². The van der Waals surface area contributed by atoms with Crippen molar-refractivity contribution in [3.05, 3.63) is 46.3 Å². The molecule has 0 spiro atoms. The number of nitrogens with zero attached hydrogens (tertiary/aromatic N) is 1. The summed E-state index contributed by atoms with van der Waals surface area (Å²) in [7, 11) is 0. The second-order valence-corrected chi connectivity index (χ2v) is 4.53. The van der Waals surface area contributed by atoms with Gasteiger partial charge in [-0.05, 0) is 52.7 Å². The fourth-order valence-electron chi connectivity index (χ4n) is 1.42. The van der Waals surface area contributed by atoms with E-state index in [1.807, 2.05) is 13.0 Å². The Morgan fingerprint density at radius 3 is 2.76 bits per heavy atom. The van der Waals surface area contributed by atoms with E-state index in [9.17, 15) is 4.39 Å². The minimum atomic E-state index is -0.275. The molecule has 0 atom stereocenters. The molecule has 5 heteroatoms. The Balaban J connectivity index is 2.30. The lowest BCUT2D eigenvalue weighted by molar-refractivity contribution is 0.620. The minimum Gasteiger partial charge on any atom is -0.384 e. The van der Waals surface area contributed by atoms with E-state index in [0.717, 1.165) is 16.9 Å². The molecule has 88 valence electrons. The summed E-state index contributed by atoms with van der Waals surface area (Å²) in [6, 6.07) is 6.69. The predicted octanol–water partition coefficient (Wildman–Crippen LogP) is 3.62. The number of nitrogens with one attached hydrogen (secondary N) is 1. The average molecular weight is 296 g/mol. The van der Waals surface area contributed by atoms with E-state index in [4.69, 9.17) is 5.73 Å². The Bertz CT molecular complexity index is 540. The van der Waals surface area contributed by atoms with Crippen molar-refractivity contribution in [3.63, 3.8) is 0 Å². The van der Waals surface area contributed by atoms with Gasteiger partial charge in [-0.15, -0.1) is 0 Å². The van der Waals surface area contributed by atoms with E-state index in [2.05, 4.69) is 26.2 Å². The maximum Gasteiger partial charge on any atom is 0.137 e. The molecule has 0 saturated carbocycles. The Kier molecular flexibility index (Phi) is 3.28. The number of nitrogens with two attached hydrogens (primary N) is 1. The zero-order chi connectivity index (χ0) is 12.4. The highest BCUT2D eigenvalue weighted by atomic mass is 79.9. The molecule has 1 aromatic carbocycles. The van der Waals surface area contributed by atoms with Crippen LogP contribution in [0.4, 0.5) is 21.6 Å². The van der Waals surface area contributed by atoms with Crippen molar-refractivity contribution in [2.24, 2.45) is 0 Å². The SMILES string of the molecule is Cc1cc(F)c(Br)cc1Nc1ccc(N)nc1. The van der Waals surface area contributed by atoms with Crippen LogP contribution in [0.2, 0.25) is 0 Å². The number of pyridine rings is 1. The van der Waals surface area contributed by atoms with Crippen LogP contribution >= 0.6 is 15.9 Å². The van der Waals surface area contributed by atoms with Crippen LogP contribution in [0.1, 0.15) is 5.56 Å². The van der Waals surface area contributed by atoms with Crippen LogP contribution in [0.3, 0.4) is 0 Å². The minimum absolute atomic E-state index is 0.275. The first-order valence-corrected chi connectivity index (χ1v) is 5.80. The van der Waals surface area contributed by atoms with Crippen LogP contribution < -0.4 is 11.1 Å². The second-order valence-electron chi connectivity index (χ2n) is 3.68. The number of aryl methyl sites for hydroxylation is 1. The predicted molar refractivity (Wildman–Crippen MR) is 70.8 cm³/mol. The largest absolute Gasteiger partial charge is 0.384 e. The molecule has 0 amide bonds. The van der Waals surface area contributed by atoms with Gasteiger partial charge in [0.25, 0.3) is 0 Å². The van der Waals surface area contributed by atoms with Crippen LogP contribution in [0.25, 0.3) is 0 Å². The van der Waals surface area contributed by atoms with E-state index in [0.29, 0.717) is 10.3 Å². The summed E-state index contributed by atoms with van der Waals surface area (Å²) < 4.78 is 13.7. The molecule has 3 nitrogen and oxygen atoms in total. The third kappa shape index (κ3) is 2.74. The molecule has 2 rings (SSSR count). The Hall–Kier alpha value is -1.62. The van der Waals surface area contributed by atoms with Gasteiger partial charge in [0.05, 0.1) is 16.4 Å². The van der Waals surface area contributed by atoms with E-state index >= 15 is 0 Å². The first-order valence-electron chi connectivity index (χ1n) is 5.00. The van der Waals surface area contributed by atoms with Gasteiger partial charge < -0.3 is 11.1 Å². The summed E-state index contributed by atoms with van der Waals surface area (Å²) in [6.07, 6.45) is 1.63. The van der Waals surface area contributed by atoms with Crippen molar-refractivity contribution < 1.29 is 4.39 Å². The van der Waals surface area contributed by atoms with Gasteiger partial charge in [-0.25, -0.2) is 9.37 Å². The van der Waals surface area contributed by atoms with E-state index in [1.165, 1.54) is 6.07 Å². The molecule has 0 saturated heterocycles. The zero-order valence-electron chi connectivity index (χ0n) is 9.17. The molecule has 2 aromatic rings. The number of halogens is 2. The normalized spacial score (nSPS) is 10.3. The summed E-state index contributed by atoms with van der Waals surface area (Å²) in [6.45, 7) is 1.84. The Morgan fingerprint density at radius 2 is 2.12 bits per heavy atom. The zero-order valence-corrected chi connectivity index (χ0v) is 10.8. The smallest absolute Gasteiger partial charge is 0.137 e. The summed E-state index contributed by atoms with van der Waals surface area (Å²) in [5.74, 6) is 0.191. The molecule has 0 bridgehead atoms. The van der Waals surface area contributed by atoms with Gasteiger partial charge in [-0.1, -0.05) is 0 Å². The maximum absolute atomic E-state index is 13.2. The van der Waals surface area contributed by atoms with Crippen LogP contribution in [-0.2, 0) is 0 Å². The van der Waals surface area contributed by atoms with Gasteiger partial charge in [0.1, 0.15) is 11.6 Å². The fraction of sp³-hybridized carbons (Fsp3) is 0.0833. The van der Waals surface area contributed by atoms with Crippen molar-refractivity contribution >= 4 is 33.1 Å². The lowest BCUT2D eigenvalue weighted by Gasteiger charge is -2.10. The standard InChI is InChI=1S/C12H11BrFN3/c1-7-4-10(14)9(13)5-11(7)17-8-2-3-12(15)16-6-8/h2-6,17H,1H3,(H2,15,16). The fourth-order valence-corrected chi connectivity index (χ4v) is 1.76.